The number of aromatic nitrogens is 1. The topological polar surface area (TPSA) is 34.0 Å². The van der Waals surface area contributed by atoms with Gasteiger partial charge >= 0.3 is 0 Å². The molecule has 1 amide bonds. The van der Waals surface area contributed by atoms with Crippen LogP contribution in [0.2, 0.25) is 0 Å². The first-order valence-corrected chi connectivity index (χ1v) is 8.90. The van der Waals surface area contributed by atoms with Crippen molar-refractivity contribution in [2.75, 3.05) is 6.54 Å². The highest BCUT2D eigenvalue weighted by atomic mass is 32.1. The molecule has 1 aliphatic carbocycles. The average Bonchev–Trinajstić information content (AvgIpc) is 3.02. The molecule has 1 aromatic carbocycles. The fourth-order valence-corrected chi connectivity index (χ4v) is 4.06. The Labute approximate surface area is 139 Å². The first-order chi connectivity index (χ1) is 11.2. The molecular weight excluding hydrogens is 304 g/mol. The van der Waals surface area contributed by atoms with Crippen molar-refractivity contribution in [2.24, 2.45) is 7.05 Å². The summed E-state index contributed by atoms with van der Waals surface area (Å²) in [7, 11) is 2.09. The standard InChI is InChI=1S/C19H20N2OS/c1-21-12-16(15-6-2-3-7-17(15)21)19(8-9-19)13-20-18(22)11-14-5-4-10-23-14/h2-7,10,12H,8-9,11,13H2,1H3,(H,20,22). The summed E-state index contributed by atoms with van der Waals surface area (Å²) in [5.74, 6) is 0.124. The highest BCUT2D eigenvalue weighted by Crippen LogP contribution is 2.50. The zero-order valence-corrected chi connectivity index (χ0v) is 14.0. The van der Waals surface area contributed by atoms with E-state index in [1.54, 1.807) is 11.3 Å². The number of fused-ring (bicyclic) bond motifs is 1. The minimum absolute atomic E-state index is 0.124. The summed E-state index contributed by atoms with van der Waals surface area (Å²) in [6, 6.07) is 12.5. The molecule has 23 heavy (non-hydrogen) atoms. The van der Waals surface area contributed by atoms with E-state index in [2.05, 4.69) is 47.4 Å². The number of para-hydroxylation sites is 1. The first-order valence-electron chi connectivity index (χ1n) is 8.02. The van der Waals surface area contributed by atoms with Gasteiger partial charge in [-0.15, -0.1) is 11.3 Å². The maximum absolute atomic E-state index is 12.2. The number of benzene rings is 1. The Morgan fingerprint density at radius 1 is 1.26 bits per heavy atom. The second-order valence-corrected chi connectivity index (χ2v) is 7.52. The van der Waals surface area contributed by atoms with Gasteiger partial charge in [0.25, 0.3) is 0 Å². The Kier molecular flexibility index (Phi) is 3.49. The smallest absolute Gasteiger partial charge is 0.225 e. The number of hydrogen-bond donors (Lipinski definition) is 1. The molecule has 0 spiro atoms. The van der Waals surface area contributed by atoms with Crippen LogP contribution in [0.3, 0.4) is 0 Å². The van der Waals surface area contributed by atoms with Gasteiger partial charge in [0, 0.05) is 41.0 Å². The Morgan fingerprint density at radius 3 is 2.83 bits per heavy atom. The van der Waals surface area contributed by atoms with E-state index in [1.807, 2.05) is 17.5 Å². The predicted octanol–water partition coefficient (Wildman–Crippen LogP) is 3.63. The number of rotatable bonds is 5. The summed E-state index contributed by atoms with van der Waals surface area (Å²) >= 11 is 1.64. The van der Waals surface area contributed by atoms with Crippen molar-refractivity contribution in [1.29, 1.82) is 0 Å². The van der Waals surface area contributed by atoms with E-state index in [-0.39, 0.29) is 11.3 Å². The zero-order valence-electron chi connectivity index (χ0n) is 13.2. The second kappa shape index (κ2) is 5.53. The summed E-state index contributed by atoms with van der Waals surface area (Å²) in [5, 5.41) is 6.49. The van der Waals surface area contributed by atoms with Crippen LogP contribution in [0.15, 0.2) is 48.0 Å². The van der Waals surface area contributed by atoms with Crippen molar-refractivity contribution >= 4 is 28.1 Å². The van der Waals surface area contributed by atoms with Crippen LogP contribution in [-0.2, 0) is 23.7 Å². The third-order valence-electron chi connectivity index (χ3n) is 4.86. The van der Waals surface area contributed by atoms with Crippen LogP contribution >= 0.6 is 11.3 Å². The summed E-state index contributed by atoms with van der Waals surface area (Å²) in [5.41, 5.74) is 2.78. The molecule has 4 rings (SSSR count). The Morgan fingerprint density at radius 2 is 2.09 bits per heavy atom. The molecule has 2 aromatic heterocycles. The molecule has 1 aliphatic rings. The van der Waals surface area contributed by atoms with Gasteiger partial charge in [-0.1, -0.05) is 24.3 Å². The fraction of sp³-hybridized carbons (Fsp3) is 0.316. The van der Waals surface area contributed by atoms with Crippen LogP contribution in [0, 0.1) is 0 Å². The van der Waals surface area contributed by atoms with Gasteiger partial charge in [-0.2, -0.15) is 0 Å². The van der Waals surface area contributed by atoms with E-state index >= 15 is 0 Å². The third-order valence-corrected chi connectivity index (χ3v) is 5.74. The van der Waals surface area contributed by atoms with Crippen molar-refractivity contribution in [3.8, 4) is 0 Å². The zero-order chi connectivity index (χ0) is 15.9. The minimum Gasteiger partial charge on any atom is -0.355 e. The lowest BCUT2D eigenvalue weighted by atomic mass is 9.95. The monoisotopic (exact) mass is 324 g/mol. The number of carbonyl (C=O) groups is 1. The molecule has 0 saturated heterocycles. The molecule has 0 unspecified atom stereocenters. The van der Waals surface area contributed by atoms with Crippen molar-refractivity contribution < 1.29 is 4.79 Å². The number of carbonyl (C=O) groups excluding carboxylic acids is 1. The SMILES string of the molecule is Cn1cc(C2(CNC(=O)Cc3cccs3)CC2)c2ccccc21. The van der Waals surface area contributed by atoms with Gasteiger partial charge in [-0.05, 0) is 35.9 Å². The molecule has 0 atom stereocenters. The Bertz CT molecular complexity index is 844. The summed E-state index contributed by atoms with van der Waals surface area (Å²) in [6.45, 7) is 0.741. The lowest BCUT2D eigenvalue weighted by Crippen LogP contribution is -2.33. The predicted molar refractivity (Wildman–Crippen MR) is 94.9 cm³/mol. The van der Waals surface area contributed by atoms with E-state index in [4.69, 9.17) is 0 Å². The van der Waals surface area contributed by atoms with Gasteiger partial charge in [0.1, 0.15) is 0 Å². The van der Waals surface area contributed by atoms with Crippen molar-refractivity contribution in [2.45, 2.75) is 24.7 Å². The molecule has 1 saturated carbocycles. The van der Waals surface area contributed by atoms with E-state index in [0.717, 1.165) is 24.3 Å². The summed E-state index contributed by atoms with van der Waals surface area (Å²) < 4.78 is 2.19. The van der Waals surface area contributed by atoms with Gasteiger partial charge in [0.05, 0.1) is 6.42 Å². The maximum Gasteiger partial charge on any atom is 0.225 e. The quantitative estimate of drug-likeness (QED) is 0.764. The summed E-state index contributed by atoms with van der Waals surface area (Å²) in [6.07, 6.45) is 5.03. The molecule has 0 bridgehead atoms. The second-order valence-electron chi connectivity index (χ2n) is 6.48. The lowest BCUT2D eigenvalue weighted by Gasteiger charge is -2.15. The highest BCUT2D eigenvalue weighted by molar-refractivity contribution is 7.10. The van der Waals surface area contributed by atoms with Gasteiger partial charge in [-0.3, -0.25) is 4.79 Å². The number of hydrogen-bond acceptors (Lipinski definition) is 2. The maximum atomic E-state index is 12.2. The van der Waals surface area contributed by atoms with Crippen molar-refractivity contribution in [3.63, 3.8) is 0 Å². The van der Waals surface area contributed by atoms with Crippen LogP contribution in [0.5, 0.6) is 0 Å². The molecule has 2 heterocycles. The largest absolute Gasteiger partial charge is 0.355 e. The van der Waals surface area contributed by atoms with Crippen molar-refractivity contribution in [1.82, 2.24) is 9.88 Å². The molecule has 4 heteroatoms. The molecule has 0 aliphatic heterocycles. The molecule has 118 valence electrons. The van der Waals surface area contributed by atoms with Gasteiger partial charge in [0.2, 0.25) is 5.91 Å². The number of aryl methyl sites for hydroxylation is 1. The fourth-order valence-electron chi connectivity index (χ4n) is 3.36. The van der Waals surface area contributed by atoms with Gasteiger partial charge < -0.3 is 9.88 Å². The lowest BCUT2D eigenvalue weighted by molar-refractivity contribution is -0.120. The first kappa shape index (κ1) is 14.5. The number of nitrogens with one attached hydrogen (secondary N) is 1. The van der Waals surface area contributed by atoms with E-state index in [1.165, 1.54) is 16.5 Å². The Hall–Kier alpha value is -2.07. The van der Waals surface area contributed by atoms with Crippen LogP contribution in [0.4, 0.5) is 0 Å². The van der Waals surface area contributed by atoms with E-state index in [9.17, 15) is 4.79 Å². The van der Waals surface area contributed by atoms with E-state index in [0.29, 0.717) is 6.42 Å². The number of nitrogens with zero attached hydrogens (tertiary/aromatic N) is 1. The van der Waals surface area contributed by atoms with Crippen LogP contribution in [-0.4, -0.2) is 17.0 Å². The minimum atomic E-state index is 0.124. The summed E-state index contributed by atoms with van der Waals surface area (Å²) in [4.78, 5) is 13.3. The molecule has 1 N–H and O–H groups in total. The molecular formula is C19H20N2OS. The van der Waals surface area contributed by atoms with Crippen LogP contribution in [0.25, 0.3) is 10.9 Å². The molecule has 0 radical (unpaired) electrons. The van der Waals surface area contributed by atoms with E-state index < -0.39 is 0 Å². The third kappa shape index (κ3) is 2.68. The molecule has 3 aromatic rings. The molecule has 1 fully saturated rings. The Balaban J connectivity index is 1.51. The highest BCUT2D eigenvalue weighted by Gasteiger charge is 2.46. The van der Waals surface area contributed by atoms with Gasteiger partial charge in [0.15, 0.2) is 0 Å². The average molecular weight is 324 g/mol. The number of thiophene rings is 1. The van der Waals surface area contributed by atoms with Crippen LogP contribution in [0.1, 0.15) is 23.3 Å². The van der Waals surface area contributed by atoms with Crippen LogP contribution < -0.4 is 5.32 Å². The normalized spacial score (nSPS) is 15.7. The van der Waals surface area contributed by atoms with Crippen molar-refractivity contribution in [3.05, 3.63) is 58.4 Å². The van der Waals surface area contributed by atoms with Gasteiger partial charge in [-0.25, -0.2) is 0 Å². The number of amides is 1. The molecule has 3 nitrogen and oxygen atoms in total.